The third-order valence-electron chi connectivity index (χ3n) is 6.72. The Hall–Kier alpha value is -3.79. The molecule has 0 aromatic heterocycles. The molecule has 7 heteroatoms. The monoisotopic (exact) mass is 430 g/mol. The first-order chi connectivity index (χ1) is 15.5. The van der Waals surface area contributed by atoms with Crippen LogP contribution in [-0.4, -0.2) is 54.2 Å². The van der Waals surface area contributed by atoms with Crippen molar-refractivity contribution in [3.63, 3.8) is 0 Å². The van der Waals surface area contributed by atoms with E-state index in [1.54, 1.807) is 0 Å². The third-order valence-corrected chi connectivity index (χ3v) is 6.72. The predicted molar refractivity (Wildman–Crippen MR) is 116 cm³/mol. The number of likely N-dealkylation sites (tertiary alicyclic amines) is 1. The van der Waals surface area contributed by atoms with Gasteiger partial charge in [-0.15, -0.1) is 0 Å². The molecule has 2 aliphatic carbocycles. The number of hydrogen-bond donors (Lipinski definition) is 2. The number of piperidine rings is 1. The van der Waals surface area contributed by atoms with Crippen molar-refractivity contribution in [2.75, 3.05) is 26.2 Å². The van der Waals surface area contributed by atoms with Crippen LogP contribution in [0.3, 0.4) is 0 Å². The Morgan fingerprint density at radius 3 is 2.38 bits per heavy atom. The van der Waals surface area contributed by atoms with Gasteiger partial charge in [0.1, 0.15) is 6.61 Å². The number of carboxylic acids is 1. The van der Waals surface area contributed by atoms with Crippen LogP contribution >= 0.6 is 0 Å². The van der Waals surface area contributed by atoms with Crippen molar-refractivity contribution in [3.05, 3.63) is 59.7 Å². The van der Waals surface area contributed by atoms with Crippen LogP contribution in [0.1, 0.15) is 23.5 Å². The molecule has 1 heterocycles. The topological polar surface area (TPSA) is 95.9 Å². The maximum absolute atomic E-state index is 12.2. The lowest BCUT2D eigenvalue weighted by Crippen LogP contribution is -2.33. The molecule has 2 aromatic rings. The van der Waals surface area contributed by atoms with Gasteiger partial charge in [0, 0.05) is 19.0 Å². The maximum Gasteiger partial charge on any atom is 0.407 e. The van der Waals surface area contributed by atoms with Gasteiger partial charge in [-0.1, -0.05) is 54.5 Å². The number of amides is 2. The molecule has 0 spiro atoms. The van der Waals surface area contributed by atoms with Crippen LogP contribution < -0.4 is 5.32 Å². The van der Waals surface area contributed by atoms with E-state index < -0.39 is 23.4 Å². The lowest BCUT2D eigenvalue weighted by Gasteiger charge is -2.16. The Morgan fingerprint density at radius 2 is 1.75 bits per heavy atom. The minimum absolute atomic E-state index is 0.0241. The minimum atomic E-state index is -0.845. The van der Waals surface area contributed by atoms with Crippen molar-refractivity contribution >= 4 is 18.0 Å². The SMILES string of the molecule is O=C(NCC#CC(=O)N1CC2CC2(C(=O)O)C1)OCC1c2ccccc2-c2ccccc21. The predicted octanol–water partition coefficient (Wildman–Crippen LogP) is 2.46. The molecule has 5 rings (SSSR count). The first-order valence-electron chi connectivity index (χ1n) is 10.6. The molecule has 32 heavy (non-hydrogen) atoms. The van der Waals surface area contributed by atoms with Crippen molar-refractivity contribution in [3.8, 4) is 23.0 Å². The van der Waals surface area contributed by atoms with Gasteiger partial charge in [-0.05, 0) is 40.5 Å². The van der Waals surface area contributed by atoms with Gasteiger partial charge >= 0.3 is 12.1 Å². The summed E-state index contributed by atoms with van der Waals surface area (Å²) >= 11 is 0. The number of ether oxygens (including phenoxy) is 1. The van der Waals surface area contributed by atoms with Gasteiger partial charge < -0.3 is 20.1 Å². The van der Waals surface area contributed by atoms with Crippen LogP contribution in [-0.2, 0) is 14.3 Å². The van der Waals surface area contributed by atoms with Crippen LogP contribution in [0, 0.1) is 23.2 Å². The van der Waals surface area contributed by atoms with Crippen LogP contribution in [0.5, 0.6) is 0 Å². The summed E-state index contributed by atoms with van der Waals surface area (Å²) in [6.45, 7) is 0.822. The molecule has 0 radical (unpaired) electrons. The van der Waals surface area contributed by atoms with Gasteiger partial charge in [0.2, 0.25) is 0 Å². The minimum Gasteiger partial charge on any atom is -0.481 e. The number of benzene rings is 2. The Kier molecular flexibility index (Phi) is 4.86. The number of carbonyl (C=O) groups excluding carboxylic acids is 2. The molecule has 162 valence electrons. The molecule has 1 saturated heterocycles. The summed E-state index contributed by atoms with van der Waals surface area (Å²) in [6, 6.07) is 16.2. The van der Waals surface area contributed by atoms with E-state index in [0.29, 0.717) is 13.0 Å². The second kappa shape index (κ2) is 7.72. The molecule has 2 fully saturated rings. The van der Waals surface area contributed by atoms with E-state index in [1.807, 2.05) is 24.3 Å². The number of nitrogens with one attached hydrogen (secondary N) is 1. The molecule has 2 aromatic carbocycles. The van der Waals surface area contributed by atoms with Crippen molar-refractivity contribution < 1.29 is 24.2 Å². The molecule has 2 unspecified atom stereocenters. The molecule has 2 amide bonds. The van der Waals surface area contributed by atoms with Crippen molar-refractivity contribution in [1.29, 1.82) is 0 Å². The van der Waals surface area contributed by atoms with Crippen LogP contribution in [0.25, 0.3) is 11.1 Å². The average Bonchev–Trinajstić information content (AvgIpc) is 3.23. The lowest BCUT2D eigenvalue weighted by molar-refractivity contribution is -0.143. The molecule has 1 aliphatic heterocycles. The summed E-state index contributed by atoms with van der Waals surface area (Å²) in [6.07, 6.45) is 0.0314. The summed E-state index contributed by atoms with van der Waals surface area (Å²) < 4.78 is 5.43. The van der Waals surface area contributed by atoms with Crippen molar-refractivity contribution in [2.24, 2.45) is 11.3 Å². The smallest absolute Gasteiger partial charge is 0.407 e. The summed E-state index contributed by atoms with van der Waals surface area (Å²) in [5.74, 6) is 3.85. The first kappa shape index (κ1) is 20.1. The fourth-order valence-electron chi connectivity index (χ4n) is 4.93. The van der Waals surface area contributed by atoms with Gasteiger partial charge in [-0.3, -0.25) is 9.59 Å². The van der Waals surface area contributed by atoms with Gasteiger partial charge in [-0.25, -0.2) is 4.79 Å². The third kappa shape index (κ3) is 3.38. The Bertz CT molecular complexity index is 1130. The largest absolute Gasteiger partial charge is 0.481 e. The van der Waals surface area contributed by atoms with Crippen LogP contribution in [0.4, 0.5) is 4.79 Å². The standard InChI is InChI=1S/C25H22N2O5/c28-22(27-13-16-12-25(16,15-27)23(29)30)10-5-11-26-24(31)32-14-21-19-8-3-1-6-17(19)18-7-2-4-9-20(18)21/h1-4,6-9,16,21H,11-15H2,(H,26,31)(H,29,30). The fourth-order valence-corrected chi connectivity index (χ4v) is 4.93. The zero-order chi connectivity index (χ0) is 22.3. The summed E-state index contributed by atoms with van der Waals surface area (Å²) in [7, 11) is 0. The van der Waals surface area contributed by atoms with Gasteiger partial charge in [-0.2, -0.15) is 0 Å². The molecular formula is C25H22N2O5. The number of aliphatic carboxylic acids is 1. The van der Waals surface area contributed by atoms with Crippen molar-refractivity contribution in [1.82, 2.24) is 10.2 Å². The van der Waals surface area contributed by atoms with Crippen LogP contribution in [0.2, 0.25) is 0 Å². The number of hydrogen-bond acceptors (Lipinski definition) is 4. The maximum atomic E-state index is 12.2. The quantitative estimate of drug-likeness (QED) is 0.727. The molecule has 3 aliphatic rings. The molecule has 2 N–H and O–H groups in total. The zero-order valence-electron chi connectivity index (χ0n) is 17.3. The number of fused-ring (bicyclic) bond motifs is 4. The van der Waals surface area contributed by atoms with E-state index in [2.05, 4.69) is 41.4 Å². The molecular weight excluding hydrogens is 408 g/mol. The molecule has 2 atom stereocenters. The van der Waals surface area contributed by atoms with E-state index in [4.69, 9.17) is 4.74 Å². The molecule has 1 saturated carbocycles. The number of carbonyl (C=O) groups is 3. The van der Waals surface area contributed by atoms with Gasteiger partial charge in [0.05, 0.1) is 12.0 Å². The number of carboxylic acid groups (broad SMARTS) is 1. The Labute approximate surface area is 185 Å². The van der Waals surface area contributed by atoms with Gasteiger partial charge in [0.25, 0.3) is 5.91 Å². The summed E-state index contributed by atoms with van der Waals surface area (Å²) in [5, 5.41) is 11.8. The van der Waals surface area contributed by atoms with Crippen LogP contribution in [0.15, 0.2) is 48.5 Å². The Morgan fingerprint density at radius 1 is 1.09 bits per heavy atom. The molecule has 0 bridgehead atoms. The summed E-state index contributed by atoms with van der Waals surface area (Å²) in [4.78, 5) is 37.1. The highest BCUT2D eigenvalue weighted by atomic mass is 16.5. The zero-order valence-corrected chi connectivity index (χ0v) is 17.3. The van der Waals surface area contributed by atoms with Gasteiger partial charge in [0.15, 0.2) is 0 Å². The van der Waals surface area contributed by atoms with E-state index >= 15 is 0 Å². The second-order valence-electron chi connectivity index (χ2n) is 8.53. The summed E-state index contributed by atoms with van der Waals surface area (Å²) in [5.41, 5.74) is 3.82. The molecule has 7 nitrogen and oxygen atoms in total. The number of rotatable bonds is 4. The highest BCUT2D eigenvalue weighted by Gasteiger charge is 2.66. The van der Waals surface area contributed by atoms with E-state index in [0.717, 1.165) is 22.3 Å². The lowest BCUT2D eigenvalue weighted by atomic mass is 9.98. The number of nitrogens with zero attached hydrogens (tertiary/aromatic N) is 1. The van der Waals surface area contributed by atoms with E-state index in [-0.39, 0.29) is 31.5 Å². The second-order valence-corrected chi connectivity index (χ2v) is 8.53. The van der Waals surface area contributed by atoms with E-state index in [1.165, 1.54) is 4.90 Å². The van der Waals surface area contributed by atoms with E-state index in [9.17, 15) is 19.5 Å². The first-order valence-corrected chi connectivity index (χ1v) is 10.6. The number of alkyl carbamates (subject to hydrolysis) is 1. The Balaban J connectivity index is 1.12. The fraction of sp³-hybridized carbons (Fsp3) is 0.320. The normalized spacial score (nSPS) is 22.1. The average molecular weight is 430 g/mol. The highest BCUT2D eigenvalue weighted by molar-refractivity contribution is 5.95. The van der Waals surface area contributed by atoms with Crippen molar-refractivity contribution in [2.45, 2.75) is 12.3 Å². The highest BCUT2D eigenvalue weighted by Crippen LogP contribution is 2.57.